The lowest BCUT2D eigenvalue weighted by Gasteiger charge is -2.31. The molecule has 0 bridgehead atoms. The minimum atomic E-state index is -0.736. The van der Waals surface area contributed by atoms with Crippen LogP contribution in [0.25, 0.3) is 5.69 Å². The van der Waals surface area contributed by atoms with E-state index in [1.54, 1.807) is 4.90 Å². The Balaban J connectivity index is 1.90. The van der Waals surface area contributed by atoms with Crippen molar-refractivity contribution in [1.29, 1.82) is 0 Å². The van der Waals surface area contributed by atoms with Crippen molar-refractivity contribution in [2.24, 2.45) is 5.73 Å². The minimum absolute atomic E-state index is 0.0974. The average molecular weight is 327 g/mol. The molecule has 2 amide bonds. The number of carbonyl (C=O) groups excluding carboxylic acids is 2. The van der Waals surface area contributed by atoms with Gasteiger partial charge in [0.2, 0.25) is 5.91 Å². The van der Waals surface area contributed by atoms with E-state index in [0.717, 1.165) is 17.1 Å². The Bertz CT molecular complexity index is 767. The van der Waals surface area contributed by atoms with Crippen molar-refractivity contribution in [1.82, 2.24) is 9.47 Å². The molecule has 1 aliphatic rings. The molecule has 1 fully saturated rings. The second-order valence-corrected chi connectivity index (χ2v) is 5.97. The van der Waals surface area contributed by atoms with Crippen LogP contribution in [-0.4, -0.2) is 47.1 Å². The van der Waals surface area contributed by atoms with Gasteiger partial charge in [-0.1, -0.05) is 18.2 Å². The number of nitrogens with two attached hydrogens (primary N) is 1. The van der Waals surface area contributed by atoms with Gasteiger partial charge in [0.15, 0.2) is 6.10 Å². The molecular weight excluding hydrogens is 306 g/mol. The highest BCUT2D eigenvalue weighted by atomic mass is 16.5. The van der Waals surface area contributed by atoms with Gasteiger partial charge < -0.3 is 19.9 Å². The number of morpholine rings is 1. The van der Waals surface area contributed by atoms with Crippen LogP contribution in [0, 0.1) is 13.8 Å². The predicted octanol–water partition coefficient (Wildman–Crippen LogP) is 1.42. The number of primary amides is 1. The first-order chi connectivity index (χ1) is 11.5. The maximum absolute atomic E-state index is 12.9. The molecule has 1 saturated heterocycles. The zero-order valence-corrected chi connectivity index (χ0v) is 13.9. The van der Waals surface area contributed by atoms with Crippen LogP contribution in [0.1, 0.15) is 21.7 Å². The van der Waals surface area contributed by atoms with Crippen LogP contribution in [0.4, 0.5) is 0 Å². The van der Waals surface area contributed by atoms with Crippen molar-refractivity contribution in [2.45, 2.75) is 20.0 Å². The quantitative estimate of drug-likeness (QED) is 0.926. The second kappa shape index (κ2) is 6.49. The highest BCUT2D eigenvalue weighted by molar-refractivity contribution is 5.96. The van der Waals surface area contributed by atoms with Crippen LogP contribution in [0.15, 0.2) is 36.4 Å². The maximum atomic E-state index is 12.9. The fourth-order valence-electron chi connectivity index (χ4n) is 3.13. The van der Waals surface area contributed by atoms with Gasteiger partial charge >= 0.3 is 0 Å². The third-order valence-electron chi connectivity index (χ3n) is 4.35. The van der Waals surface area contributed by atoms with Crippen LogP contribution in [0.3, 0.4) is 0 Å². The van der Waals surface area contributed by atoms with Gasteiger partial charge in [0.25, 0.3) is 5.91 Å². The number of rotatable bonds is 3. The molecule has 1 unspecified atom stereocenters. The summed E-state index contributed by atoms with van der Waals surface area (Å²) in [6, 6.07) is 11.8. The number of hydrogen-bond donors (Lipinski definition) is 1. The summed E-state index contributed by atoms with van der Waals surface area (Å²) in [6.45, 7) is 4.87. The molecule has 1 atom stereocenters. The molecule has 2 aromatic rings. The zero-order chi connectivity index (χ0) is 17.3. The Morgan fingerprint density at radius 1 is 1.21 bits per heavy atom. The van der Waals surface area contributed by atoms with E-state index in [9.17, 15) is 9.59 Å². The van der Waals surface area contributed by atoms with Gasteiger partial charge in [-0.3, -0.25) is 9.59 Å². The highest BCUT2D eigenvalue weighted by Gasteiger charge is 2.30. The third kappa shape index (κ3) is 2.92. The number of nitrogens with zero attached hydrogens (tertiary/aromatic N) is 2. The normalized spacial score (nSPS) is 17.8. The van der Waals surface area contributed by atoms with Gasteiger partial charge in [-0.25, -0.2) is 0 Å². The summed E-state index contributed by atoms with van der Waals surface area (Å²) in [6.07, 6.45) is -0.736. The molecule has 2 N–H and O–H groups in total. The molecular formula is C18H21N3O3. The van der Waals surface area contributed by atoms with E-state index in [0.29, 0.717) is 18.7 Å². The lowest BCUT2D eigenvalue weighted by atomic mass is 10.2. The monoisotopic (exact) mass is 327 g/mol. The van der Waals surface area contributed by atoms with Crippen molar-refractivity contribution in [3.63, 3.8) is 0 Å². The molecule has 1 aromatic heterocycles. The number of amides is 2. The van der Waals surface area contributed by atoms with Crippen molar-refractivity contribution >= 4 is 11.8 Å². The number of hydrogen-bond acceptors (Lipinski definition) is 3. The van der Waals surface area contributed by atoms with Crippen LogP contribution in [0.2, 0.25) is 0 Å². The van der Waals surface area contributed by atoms with Crippen LogP contribution in [0.5, 0.6) is 0 Å². The van der Waals surface area contributed by atoms with Gasteiger partial charge in [0.1, 0.15) is 0 Å². The average Bonchev–Trinajstić information content (AvgIpc) is 2.89. The molecule has 0 saturated carbocycles. The van der Waals surface area contributed by atoms with Crippen molar-refractivity contribution in [3.8, 4) is 5.69 Å². The Hall–Kier alpha value is -2.60. The summed E-state index contributed by atoms with van der Waals surface area (Å²) in [7, 11) is 0. The van der Waals surface area contributed by atoms with E-state index < -0.39 is 12.0 Å². The Labute approximate surface area is 140 Å². The smallest absolute Gasteiger partial charge is 0.255 e. The molecule has 3 rings (SSSR count). The number of carbonyl (C=O) groups is 2. The van der Waals surface area contributed by atoms with E-state index >= 15 is 0 Å². The van der Waals surface area contributed by atoms with Gasteiger partial charge in [0.05, 0.1) is 18.7 Å². The highest BCUT2D eigenvalue weighted by Crippen LogP contribution is 2.22. The van der Waals surface area contributed by atoms with Crippen molar-refractivity contribution < 1.29 is 14.3 Å². The molecule has 0 spiro atoms. The van der Waals surface area contributed by atoms with E-state index in [1.165, 1.54) is 0 Å². The predicted molar refractivity (Wildman–Crippen MR) is 90.1 cm³/mol. The molecule has 0 aliphatic carbocycles. The Morgan fingerprint density at radius 3 is 2.58 bits per heavy atom. The summed E-state index contributed by atoms with van der Waals surface area (Å²) in [5.41, 5.74) is 8.82. The maximum Gasteiger partial charge on any atom is 0.255 e. The number of para-hydroxylation sites is 1. The SMILES string of the molecule is Cc1cc(C(=O)N2CCOC(C(N)=O)C2)c(C)n1-c1ccccc1. The number of aryl methyl sites for hydroxylation is 1. The first-order valence-corrected chi connectivity index (χ1v) is 7.93. The summed E-state index contributed by atoms with van der Waals surface area (Å²) in [4.78, 5) is 25.8. The number of ether oxygens (including phenoxy) is 1. The van der Waals surface area contributed by atoms with E-state index in [-0.39, 0.29) is 12.5 Å². The third-order valence-corrected chi connectivity index (χ3v) is 4.35. The molecule has 1 aliphatic heterocycles. The molecule has 24 heavy (non-hydrogen) atoms. The van der Waals surface area contributed by atoms with Gasteiger partial charge in [-0.15, -0.1) is 0 Å². The van der Waals surface area contributed by atoms with E-state index in [2.05, 4.69) is 4.57 Å². The first-order valence-electron chi connectivity index (χ1n) is 7.93. The van der Waals surface area contributed by atoms with Gasteiger partial charge in [-0.05, 0) is 32.0 Å². The molecule has 6 heteroatoms. The van der Waals surface area contributed by atoms with Crippen molar-refractivity contribution in [2.75, 3.05) is 19.7 Å². The number of aromatic nitrogens is 1. The van der Waals surface area contributed by atoms with Gasteiger partial charge in [0, 0.05) is 23.6 Å². The minimum Gasteiger partial charge on any atom is -0.367 e. The summed E-state index contributed by atoms with van der Waals surface area (Å²) in [5, 5.41) is 0. The standard InChI is InChI=1S/C18H21N3O3/c1-12-10-15(13(2)21(12)14-6-4-3-5-7-14)18(23)20-8-9-24-16(11-20)17(19)22/h3-7,10,16H,8-9,11H2,1-2H3,(H2,19,22). The molecule has 6 nitrogen and oxygen atoms in total. The topological polar surface area (TPSA) is 77.6 Å². The van der Waals surface area contributed by atoms with E-state index in [4.69, 9.17) is 10.5 Å². The fraction of sp³-hybridized carbons (Fsp3) is 0.333. The second-order valence-electron chi connectivity index (χ2n) is 5.97. The Morgan fingerprint density at radius 2 is 1.92 bits per heavy atom. The zero-order valence-electron chi connectivity index (χ0n) is 13.9. The van der Waals surface area contributed by atoms with Crippen LogP contribution >= 0.6 is 0 Å². The molecule has 2 heterocycles. The van der Waals surface area contributed by atoms with E-state index in [1.807, 2.05) is 50.2 Å². The molecule has 126 valence electrons. The fourth-order valence-corrected chi connectivity index (χ4v) is 3.13. The van der Waals surface area contributed by atoms with Crippen molar-refractivity contribution in [3.05, 3.63) is 53.3 Å². The molecule has 0 radical (unpaired) electrons. The summed E-state index contributed by atoms with van der Waals surface area (Å²) >= 11 is 0. The summed E-state index contributed by atoms with van der Waals surface area (Å²) in [5.74, 6) is -0.637. The number of benzene rings is 1. The lowest BCUT2D eigenvalue weighted by Crippen LogP contribution is -2.50. The lowest BCUT2D eigenvalue weighted by molar-refractivity contribution is -0.133. The summed E-state index contributed by atoms with van der Waals surface area (Å²) < 4.78 is 7.37. The molecule has 1 aromatic carbocycles. The largest absolute Gasteiger partial charge is 0.367 e. The van der Waals surface area contributed by atoms with Gasteiger partial charge in [-0.2, -0.15) is 0 Å². The van der Waals surface area contributed by atoms with Crippen LogP contribution in [-0.2, 0) is 9.53 Å². The first kappa shape index (κ1) is 16.3. The van der Waals surface area contributed by atoms with Crippen LogP contribution < -0.4 is 5.73 Å². The Kier molecular flexibility index (Phi) is 4.40.